The Morgan fingerprint density at radius 2 is 1.81 bits per heavy atom. The third kappa shape index (κ3) is 2.43. The van der Waals surface area contributed by atoms with Gasteiger partial charge in [-0.15, -0.1) is 0 Å². The van der Waals surface area contributed by atoms with Crippen molar-refractivity contribution in [3.05, 3.63) is 59.4 Å². The lowest BCUT2D eigenvalue weighted by Crippen LogP contribution is -2.12. The standard InChI is InChI=1S/C21H19N3O2/c1-26-16-4-2-3-15(11-16)22-21(25)14-7-8-17-18(10-14)24-20-13-6-5-12(9-13)19(20)23-17/h2-4,7-8,10-13H,5-6,9H2,1H3,(H,22,25). The molecule has 1 aromatic heterocycles. The highest BCUT2D eigenvalue weighted by Crippen LogP contribution is 2.51. The number of nitrogens with zero attached hydrogens (tertiary/aromatic N) is 2. The van der Waals surface area contributed by atoms with E-state index in [1.807, 2.05) is 36.4 Å². The molecule has 5 nitrogen and oxygen atoms in total. The first-order valence-corrected chi connectivity index (χ1v) is 8.98. The van der Waals surface area contributed by atoms with Crippen molar-refractivity contribution in [3.63, 3.8) is 0 Å². The molecule has 5 rings (SSSR count). The van der Waals surface area contributed by atoms with Crippen LogP contribution in [-0.4, -0.2) is 23.0 Å². The van der Waals surface area contributed by atoms with E-state index in [-0.39, 0.29) is 5.91 Å². The molecule has 1 saturated carbocycles. The number of amides is 1. The first-order valence-electron chi connectivity index (χ1n) is 8.98. The second kappa shape index (κ2) is 5.80. The van der Waals surface area contributed by atoms with Crippen LogP contribution in [0.2, 0.25) is 0 Å². The van der Waals surface area contributed by atoms with Crippen molar-refractivity contribution in [2.45, 2.75) is 31.1 Å². The summed E-state index contributed by atoms with van der Waals surface area (Å²) >= 11 is 0. The van der Waals surface area contributed by atoms with Gasteiger partial charge in [0.2, 0.25) is 0 Å². The fraction of sp³-hybridized carbons (Fsp3) is 0.286. The van der Waals surface area contributed by atoms with Crippen LogP contribution in [-0.2, 0) is 0 Å². The van der Waals surface area contributed by atoms with Gasteiger partial charge in [-0.25, -0.2) is 9.97 Å². The largest absolute Gasteiger partial charge is 0.497 e. The van der Waals surface area contributed by atoms with Gasteiger partial charge < -0.3 is 10.1 Å². The van der Waals surface area contributed by atoms with Crippen LogP contribution in [0.3, 0.4) is 0 Å². The molecule has 2 atom stereocenters. The van der Waals surface area contributed by atoms with Gasteiger partial charge in [-0.1, -0.05) is 6.07 Å². The number of benzene rings is 2. The van der Waals surface area contributed by atoms with Crippen molar-refractivity contribution >= 4 is 22.6 Å². The molecule has 1 fully saturated rings. The maximum absolute atomic E-state index is 12.6. The summed E-state index contributed by atoms with van der Waals surface area (Å²) in [5.74, 6) is 1.69. The second-order valence-corrected chi connectivity index (χ2v) is 7.09. The van der Waals surface area contributed by atoms with Crippen LogP contribution >= 0.6 is 0 Å². The Balaban J connectivity index is 1.46. The van der Waals surface area contributed by atoms with E-state index in [4.69, 9.17) is 14.7 Å². The van der Waals surface area contributed by atoms with Crippen molar-refractivity contribution in [2.24, 2.45) is 0 Å². The van der Waals surface area contributed by atoms with Crippen LogP contribution in [0.5, 0.6) is 5.75 Å². The zero-order valence-electron chi connectivity index (χ0n) is 14.5. The summed E-state index contributed by atoms with van der Waals surface area (Å²) in [6.45, 7) is 0. The molecule has 1 N–H and O–H groups in total. The average molecular weight is 345 g/mol. The number of methoxy groups -OCH3 is 1. The van der Waals surface area contributed by atoms with Crippen LogP contribution in [0.1, 0.15) is 52.8 Å². The van der Waals surface area contributed by atoms with Gasteiger partial charge in [-0.2, -0.15) is 0 Å². The lowest BCUT2D eigenvalue weighted by atomic mass is 10.00. The second-order valence-electron chi connectivity index (χ2n) is 7.09. The molecule has 2 unspecified atom stereocenters. The highest BCUT2D eigenvalue weighted by atomic mass is 16.5. The summed E-state index contributed by atoms with van der Waals surface area (Å²) in [5.41, 5.74) is 5.29. The lowest BCUT2D eigenvalue weighted by molar-refractivity contribution is 0.102. The first kappa shape index (κ1) is 15.3. The Labute approximate surface area is 151 Å². The number of carbonyl (C=O) groups is 1. The minimum absolute atomic E-state index is 0.163. The molecule has 2 bridgehead atoms. The van der Waals surface area contributed by atoms with Crippen molar-refractivity contribution in [2.75, 3.05) is 12.4 Å². The Kier molecular flexibility index (Phi) is 3.42. The van der Waals surface area contributed by atoms with Crippen molar-refractivity contribution in [1.29, 1.82) is 0 Å². The van der Waals surface area contributed by atoms with Gasteiger partial charge in [0.25, 0.3) is 5.91 Å². The molecule has 130 valence electrons. The van der Waals surface area contributed by atoms with Crippen LogP contribution < -0.4 is 10.1 Å². The number of nitrogens with one attached hydrogen (secondary N) is 1. The van der Waals surface area contributed by atoms with Gasteiger partial charge in [-0.3, -0.25) is 4.79 Å². The van der Waals surface area contributed by atoms with Crippen molar-refractivity contribution in [1.82, 2.24) is 9.97 Å². The normalized spacial score (nSPS) is 20.2. The van der Waals surface area contributed by atoms with Gasteiger partial charge in [0.15, 0.2) is 0 Å². The average Bonchev–Trinajstić information content (AvgIpc) is 3.28. The third-order valence-electron chi connectivity index (χ3n) is 5.52. The molecule has 2 aliphatic rings. The monoisotopic (exact) mass is 345 g/mol. The SMILES string of the molecule is COc1cccc(NC(=O)c2ccc3nc4c(nc3c2)C2CCC4C2)c1. The smallest absolute Gasteiger partial charge is 0.255 e. The van der Waals surface area contributed by atoms with Gasteiger partial charge >= 0.3 is 0 Å². The van der Waals surface area contributed by atoms with Crippen molar-refractivity contribution < 1.29 is 9.53 Å². The molecule has 0 radical (unpaired) electrons. The third-order valence-corrected chi connectivity index (χ3v) is 5.52. The molecule has 2 aliphatic carbocycles. The maximum Gasteiger partial charge on any atom is 0.255 e. The van der Waals surface area contributed by atoms with E-state index < -0.39 is 0 Å². The highest BCUT2D eigenvalue weighted by molar-refractivity contribution is 6.06. The number of hydrogen-bond donors (Lipinski definition) is 1. The van der Waals surface area contributed by atoms with E-state index in [2.05, 4.69) is 5.32 Å². The molecule has 0 spiro atoms. The number of hydrogen-bond acceptors (Lipinski definition) is 4. The number of aromatic nitrogens is 2. The van der Waals surface area contributed by atoms with Crippen LogP contribution in [0, 0.1) is 0 Å². The van der Waals surface area contributed by atoms with Gasteiger partial charge in [0.05, 0.1) is 29.5 Å². The number of ether oxygens (including phenoxy) is 1. The zero-order valence-corrected chi connectivity index (χ0v) is 14.5. The molecule has 0 aliphatic heterocycles. The number of rotatable bonds is 3. The molecule has 5 heteroatoms. The summed E-state index contributed by atoms with van der Waals surface area (Å²) < 4.78 is 5.20. The van der Waals surface area contributed by atoms with E-state index in [0.717, 1.165) is 16.7 Å². The molecule has 1 heterocycles. The van der Waals surface area contributed by atoms with Crippen molar-refractivity contribution in [3.8, 4) is 5.75 Å². The maximum atomic E-state index is 12.6. The molecule has 26 heavy (non-hydrogen) atoms. The molecule has 1 amide bonds. The number of anilines is 1. The summed E-state index contributed by atoms with van der Waals surface area (Å²) in [6.07, 6.45) is 3.64. The summed E-state index contributed by atoms with van der Waals surface area (Å²) in [6, 6.07) is 12.9. The minimum Gasteiger partial charge on any atom is -0.497 e. The Bertz CT molecular complexity index is 1030. The molecule has 0 saturated heterocycles. The van der Waals surface area contributed by atoms with Gasteiger partial charge in [0, 0.05) is 29.2 Å². The molecule has 2 aromatic carbocycles. The summed E-state index contributed by atoms with van der Waals surface area (Å²) in [5, 5.41) is 2.91. The van der Waals surface area contributed by atoms with E-state index in [1.54, 1.807) is 13.2 Å². The predicted molar refractivity (Wildman–Crippen MR) is 99.8 cm³/mol. The first-order chi connectivity index (χ1) is 12.7. The number of carbonyl (C=O) groups excluding carboxylic acids is 1. The molecular weight excluding hydrogens is 326 g/mol. The fourth-order valence-electron chi connectivity index (χ4n) is 4.21. The Morgan fingerprint density at radius 1 is 1.04 bits per heavy atom. The Hall–Kier alpha value is -2.95. The fourth-order valence-corrected chi connectivity index (χ4v) is 4.21. The molecular formula is C21H19N3O2. The zero-order chi connectivity index (χ0) is 17.7. The predicted octanol–water partition coefficient (Wildman–Crippen LogP) is 4.26. The number of fused-ring (bicyclic) bond motifs is 6. The minimum atomic E-state index is -0.163. The van der Waals surface area contributed by atoms with E-state index in [0.29, 0.717) is 28.8 Å². The molecule has 3 aromatic rings. The van der Waals surface area contributed by atoms with Crippen LogP contribution in [0.15, 0.2) is 42.5 Å². The topological polar surface area (TPSA) is 64.1 Å². The van der Waals surface area contributed by atoms with E-state index in [1.165, 1.54) is 25.0 Å². The van der Waals surface area contributed by atoms with E-state index in [9.17, 15) is 4.79 Å². The lowest BCUT2D eigenvalue weighted by Gasteiger charge is -2.14. The van der Waals surface area contributed by atoms with Gasteiger partial charge in [0.1, 0.15) is 5.75 Å². The summed E-state index contributed by atoms with van der Waals surface area (Å²) in [4.78, 5) is 22.3. The van der Waals surface area contributed by atoms with Gasteiger partial charge in [-0.05, 0) is 49.6 Å². The summed E-state index contributed by atoms with van der Waals surface area (Å²) in [7, 11) is 1.61. The van der Waals surface area contributed by atoms with E-state index >= 15 is 0 Å². The van der Waals surface area contributed by atoms with Crippen LogP contribution in [0.4, 0.5) is 5.69 Å². The highest BCUT2D eigenvalue weighted by Gasteiger charge is 2.39. The quantitative estimate of drug-likeness (QED) is 0.770. The Morgan fingerprint density at radius 3 is 2.58 bits per heavy atom. The van der Waals surface area contributed by atoms with Crippen LogP contribution in [0.25, 0.3) is 11.0 Å².